The number of sulfonamides is 1. The zero-order valence-electron chi connectivity index (χ0n) is 11.7. The number of piperidine rings is 1. The Morgan fingerprint density at radius 1 is 1.22 bits per heavy atom. The Morgan fingerprint density at radius 2 is 1.78 bits per heavy atom. The number of hydrogen-bond acceptors (Lipinski definition) is 5. The maximum Gasteiger partial charge on any atom is 0.405 e. The molecule has 1 aromatic carbocycles. The van der Waals surface area contributed by atoms with E-state index in [4.69, 9.17) is 5.73 Å². The predicted octanol–water partition coefficient (Wildman–Crippen LogP) is 1.64. The summed E-state index contributed by atoms with van der Waals surface area (Å²) in [6.45, 7) is -0.455. The second-order valence-corrected chi connectivity index (χ2v) is 7.11. The van der Waals surface area contributed by atoms with Gasteiger partial charge >= 0.3 is 6.18 Å². The minimum Gasteiger partial charge on any atom is -0.327 e. The Bertz CT molecular complexity index is 690. The summed E-state index contributed by atoms with van der Waals surface area (Å²) in [6.07, 6.45) is -5.07. The fraction of sp³-hybridized carbons (Fsp3) is 0.500. The summed E-state index contributed by atoms with van der Waals surface area (Å²) in [6, 6.07) is 0.852. The first-order valence-electron chi connectivity index (χ1n) is 6.62. The minimum absolute atomic E-state index is 0.0659. The Labute approximate surface area is 130 Å². The zero-order valence-corrected chi connectivity index (χ0v) is 12.5. The Morgan fingerprint density at radius 3 is 2.26 bits per heavy atom. The van der Waals surface area contributed by atoms with Crippen LogP contribution in [-0.4, -0.2) is 42.5 Å². The maximum atomic E-state index is 13.1. The molecule has 128 valence electrons. The molecule has 1 fully saturated rings. The molecule has 0 saturated carbocycles. The van der Waals surface area contributed by atoms with Crippen molar-refractivity contribution in [1.82, 2.24) is 4.31 Å². The first-order valence-corrected chi connectivity index (χ1v) is 8.06. The van der Waals surface area contributed by atoms with E-state index in [-0.39, 0.29) is 12.1 Å². The third kappa shape index (κ3) is 3.62. The van der Waals surface area contributed by atoms with Gasteiger partial charge in [0.1, 0.15) is 6.04 Å². The first-order chi connectivity index (χ1) is 10.5. The van der Waals surface area contributed by atoms with E-state index < -0.39 is 51.1 Å². The number of nitrogens with zero attached hydrogens (tertiary/aromatic N) is 2. The van der Waals surface area contributed by atoms with E-state index in [0.717, 1.165) is 24.3 Å². The van der Waals surface area contributed by atoms with Crippen LogP contribution >= 0.6 is 0 Å². The van der Waals surface area contributed by atoms with Crippen LogP contribution in [0.15, 0.2) is 29.2 Å². The third-order valence-electron chi connectivity index (χ3n) is 3.60. The molecule has 1 aromatic rings. The lowest BCUT2D eigenvalue weighted by Gasteiger charge is -2.38. The molecule has 2 rings (SSSR count). The first kappa shape index (κ1) is 17.6. The SMILES string of the molecule is N[C@H]1CC[C@@H](C(F)(F)F)N(S(=O)(=O)c2ccc([N+](=O)[O-])cc2)C1. The lowest BCUT2D eigenvalue weighted by molar-refractivity contribution is -0.384. The second kappa shape index (κ2) is 6.06. The van der Waals surface area contributed by atoms with Crippen molar-refractivity contribution in [1.29, 1.82) is 0 Å². The highest BCUT2D eigenvalue weighted by atomic mass is 32.2. The third-order valence-corrected chi connectivity index (χ3v) is 5.49. The molecular formula is C12H14F3N3O4S. The van der Waals surface area contributed by atoms with Gasteiger partial charge in [-0.1, -0.05) is 0 Å². The average Bonchev–Trinajstić information content (AvgIpc) is 2.46. The number of rotatable bonds is 3. The number of hydrogen-bond donors (Lipinski definition) is 1. The van der Waals surface area contributed by atoms with Crippen molar-refractivity contribution in [2.24, 2.45) is 5.73 Å². The van der Waals surface area contributed by atoms with Crippen molar-refractivity contribution in [3.8, 4) is 0 Å². The average molecular weight is 353 g/mol. The van der Waals surface area contributed by atoms with Crippen LogP contribution in [0.25, 0.3) is 0 Å². The fourth-order valence-electron chi connectivity index (χ4n) is 2.43. The highest BCUT2D eigenvalue weighted by Gasteiger charge is 2.50. The molecule has 0 aliphatic carbocycles. The molecule has 7 nitrogen and oxygen atoms in total. The van der Waals surface area contributed by atoms with Crippen molar-refractivity contribution in [2.75, 3.05) is 6.54 Å². The predicted molar refractivity (Wildman–Crippen MR) is 74.0 cm³/mol. The molecule has 0 spiro atoms. The molecule has 1 aliphatic heterocycles. The van der Waals surface area contributed by atoms with E-state index in [2.05, 4.69) is 0 Å². The molecule has 11 heteroatoms. The van der Waals surface area contributed by atoms with Gasteiger partial charge in [-0.2, -0.15) is 17.5 Å². The summed E-state index contributed by atoms with van der Waals surface area (Å²) >= 11 is 0. The fourth-order valence-corrected chi connectivity index (χ4v) is 4.13. The number of non-ortho nitro benzene ring substituents is 1. The molecule has 23 heavy (non-hydrogen) atoms. The van der Waals surface area contributed by atoms with Crippen LogP contribution < -0.4 is 5.73 Å². The van der Waals surface area contributed by atoms with Gasteiger partial charge in [-0.05, 0) is 25.0 Å². The normalized spacial score (nSPS) is 23.7. The van der Waals surface area contributed by atoms with Crippen molar-refractivity contribution >= 4 is 15.7 Å². The van der Waals surface area contributed by atoms with Gasteiger partial charge in [-0.25, -0.2) is 8.42 Å². The molecule has 0 radical (unpaired) electrons. The smallest absolute Gasteiger partial charge is 0.327 e. The van der Waals surface area contributed by atoms with E-state index >= 15 is 0 Å². The van der Waals surface area contributed by atoms with Crippen LogP contribution in [0.4, 0.5) is 18.9 Å². The monoisotopic (exact) mass is 353 g/mol. The van der Waals surface area contributed by atoms with Gasteiger partial charge in [0.25, 0.3) is 5.69 Å². The van der Waals surface area contributed by atoms with Gasteiger partial charge in [-0.3, -0.25) is 10.1 Å². The molecule has 0 amide bonds. The van der Waals surface area contributed by atoms with Crippen molar-refractivity contribution in [3.05, 3.63) is 34.4 Å². The summed E-state index contributed by atoms with van der Waals surface area (Å²) in [5.74, 6) is 0. The van der Waals surface area contributed by atoms with Crippen molar-refractivity contribution in [2.45, 2.75) is 36.0 Å². The van der Waals surface area contributed by atoms with Gasteiger partial charge in [0, 0.05) is 24.7 Å². The van der Waals surface area contributed by atoms with E-state index in [0.29, 0.717) is 4.31 Å². The second-order valence-electron chi connectivity index (χ2n) is 5.22. The lowest BCUT2D eigenvalue weighted by Crippen LogP contribution is -2.56. The molecular weight excluding hydrogens is 339 g/mol. The molecule has 1 heterocycles. The number of nitrogens with two attached hydrogens (primary N) is 1. The van der Waals surface area contributed by atoms with Crippen LogP contribution in [0, 0.1) is 10.1 Å². The summed E-state index contributed by atoms with van der Waals surface area (Å²) in [4.78, 5) is 9.40. The molecule has 2 N–H and O–H groups in total. The van der Waals surface area contributed by atoms with Gasteiger partial charge in [-0.15, -0.1) is 0 Å². The van der Waals surface area contributed by atoms with E-state index in [1.54, 1.807) is 0 Å². The van der Waals surface area contributed by atoms with E-state index in [9.17, 15) is 31.7 Å². The lowest BCUT2D eigenvalue weighted by atomic mass is 10.0. The number of nitro benzene ring substituents is 1. The largest absolute Gasteiger partial charge is 0.405 e. The summed E-state index contributed by atoms with van der Waals surface area (Å²) in [5, 5.41) is 10.6. The van der Waals surface area contributed by atoms with E-state index in [1.807, 2.05) is 0 Å². The van der Waals surface area contributed by atoms with Crippen LogP contribution in [0.1, 0.15) is 12.8 Å². The highest BCUT2D eigenvalue weighted by Crippen LogP contribution is 2.35. The maximum absolute atomic E-state index is 13.1. The minimum atomic E-state index is -4.71. The number of alkyl halides is 3. The van der Waals surface area contributed by atoms with Crippen LogP contribution in [0.2, 0.25) is 0 Å². The van der Waals surface area contributed by atoms with Crippen molar-refractivity contribution < 1.29 is 26.5 Å². The molecule has 0 unspecified atom stereocenters. The number of benzene rings is 1. The van der Waals surface area contributed by atoms with Gasteiger partial charge in [0.05, 0.1) is 9.82 Å². The highest BCUT2D eigenvalue weighted by molar-refractivity contribution is 7.89. The molecule has 1 aliphatic rings. The summed E-state index contributed by atoms with van der Waals surface area (Å²) < 4.78 is 64.6. The van der Waals surface area contributed by atoms with Crippen LogP contribution in [0.3, 0.4) is 0 Å². The molecule has 0 bridgehead atoms. The Balaban J connectivity index is 2.40. The van der Waals surface area contributed by atoms with Crippen LogP contribution in [0.5, 0.6) is 0 Å². The molecule has 2 atom stereocenters. The Hall–Kier alpha value is -1.72. The summed E-state index contributed by atoms with van der Waals surface area (Å²) in [5.41, 5.74) is 5.25. The van der Waals surface area contributed by atoms with Gasteiger partial charge < -0.3 is 5.73 Å². The van der Waals surface area contributed by atoms with Gasteiger partial charge in [0.15, 0.2) is 0 Å². The van der Waals surface area contributed by atoms with Gasteiger partial charge in [0.2, 0.25) is 10.0 Å². The van der Waals surface area contributed by atoms with Crippen LogP contribution in [-0.2, 0) is 10.0 Å². The topological polar surface area (TPSA) is 107 Å². The standard InChI is InChI=1S/C12H14F3N3O4S/c13-12(14,15)11-6-1-8(16)7-17(11)23(21,22)10-4-2-9(3-5-10)18(19)20/h2-5,8,11H,1,6-7,16H2/t8-,11-/m0/s1. The zero-order chi connectivity index (χ0) is 17.4. The number of nitro groups is 1. The van der Waals surface area contributed by atoms with Crippen molar-refractivity contribution in [3.63, 3.8) is 0 Å². The molecule has 0 aromatic heterocycles. The number of halogens is 3. The summed E-state index contributed by atoms with van der Waals surface area (Å²) in [7, 11) is -4.46. The Kier molecular flexibility index (Phi) is 4.64. The quantitative estimate of drug-likeness (QED) is 0.657. The molecule has 1 saturated heterocycles. The van der Waals surface area contributed by atoms with E-state index in [1.165, 1.54) is 0 Å².